The molecule has 0 saturated carbocycles. The summed E-state index contributed by atoms with van der Waals surface area (Å²) in [4.78, 5) is 16.1. The summed E-state index contributed by atoms with van der Waals surface area (Å²) < 4.78 is 36.5. The van der Waals surface area contributed by atoms with Gasteiger partial charge in [0.2, 0.25) is 11.8 Å². The van der Waals surface area contributed by atoms with Gasteiger partial charge in [0.1, 0.15) is 5.75 Å². The van der Waals surface area contributed by atoms with Crippen molar-refractivity contribution in [2.45, 2.75) is 24.8 Å². The Morgan fingerprint density at radius 1 is 1.50 bits per heavy atom. The summed E-state index contributed by atoms with van der Waals surface area (Å²) in [6.07, 6.45) is -0.535. The summed E-state index contributed by atoms with van der Waals surface area (Å²) in [6.45, 7) is -0.427. The minimum absolute atomic E-state index is 0.0623. The van der Waals surface area contributed by atoms with E-state index in [0.717, 1.165) is 0 Å². The third-order valence-corrected chi connectivity index (χ3v) is 3.59. The van der Waals surface area contributed by atoms with Gasteiger partial charge in [0.15, 0.2) is 5.82 Å². The van der Waals surface area contributed by atoms with Crippen LogP contribution in [0.3, 0.4) is 0 Å². The molecule has 0 bridgehead atoms. The maximum Gasteiger partial charge on any atom is 0.262 e. The molecule has 1 fully saturated rings. The number of ether oxygens (including phenoxy) is 1. The van der Waals surface area contributed by atoms with Gasteiger partial charge < -0.3 is 14.6 Å². The fraction of sp³-hybridized carbons (Fsp3) is 0.400. The first-order valence-electron chi connectivity index (χ1n) is 7.33. The van der Waals surface area contributed by atoms with Gasteiger partial charge in [0.25, 0.3) is 5.92 Å². The van der Waals surface area contributed by atoms with Crippen molar-refractivity contribution in [2.75, 3.05) is 19.0 Å². The standard InChI is InChI=1S/C15H16F2N4O3/c1-23-11-5-3-2-4-9(11)19-13(22)6-12-20-14(24-21-12)10-7-15(16,17)8-18-10/h2-5,10,18H,6-8H2,1H3,(H,19,22). The Morgan fingerprint density at radius 3 is 3.00 bits per heavy atom. The van der Waals surface area contributed by atoms with Crippen molar-refractivity contribution in [2.24, 2.45) is 0 Å². The summed E-state index contributed by atoms with van der Waals surface area (Å²) in [5, 5.41) is 8.97. The highest BCUT2D eigenvalue weighted by atomic mass is 19.3. The summed E-state index contributed by atoms with van der Waals surface area (Å²) >= 11 is 0. The van der Waals surface area contributed by atoms with E-state index in [0.29, 0.717) is 11.4 Å². The van der Waals surface area contributed by atoms with Gasteiger partial charge in [-0.3, -0.25) is 10.1 Å². The molecule has 1 aromatic heterocycles. The lowest BCUT2D eigenvalue weighted by Crippen LogP contribution is -2.19. The van der Waals surface area contributed by atoms with E-state index >= 15 is 0 Å². The predicted molar refractivity (Wildman–Crippen MR) is 79.9 cm³/mol. The lowest BCUT2D eigenvalue weighted by atomic mass is 10.2. The van der Waals surface area contributed by atoms with Gasteiger partial charge in [-0.05, 0) is 12.1 Å². The first-order valence-corrected chi connectivity index (χ1v) is 7.33. The van der Waals surface area contributed by atoms with Gasteiger partial charge in [-0.25, -0.2) is 8.78 Å². The number of alkyl halides is 2. The van der Waals surface area contributed by atoms with Crippen molar-refractivity contribution < 1.29 is 22.8 Å². The smallest absolute Gasteiger partial charge is 0.262 e. The molecule has 1 aromatic carbocycles. The average molecular weight is 338 g/mol. The first kappa shape index (κ1) is 16.3. The van der Waals surface area contributed by atoms with Crippen molar-refractivity contribution in [1.29, 1.82) is 0 Å². The van der Waals surface area contributed by atoms with Gasteiger partial charge in [-0.1, -0.05) is 17.3 Å². The number of benzene rings is 1. The molecule has 9 heteroatoms. The number of nitrogens with one attached hydrogen (secondary N) is 2. The van der Waals surface area contributed by atoms with Gasteiger partial charge >= 0.3 is 0 Å². The summed E-state index contributed by atoms with van der Waals surface area (Å²) in [5.74, 6) is -2.43. The van der Waals surface area contributed by atoms with Crippen LogP contribution >= 0.6 is 0 Å². The zero-order valence-corrected chi connectivity index (χ0v) is 12.9. The SMILES string of the molecule is COc1ccccc1NC(=O)Cc1noc(C2CC(F)(F)CN2)n1. The second-order valence-corrected chi connectivity index (χ2v) is 5.47. The monoisotopic (exact) mass is 338 g/mol. The van der Waals surface area contributed by atoms with Crippen LogP contribution in [-0.2, 0) is 11.2 Å². The van der Waals surface area contributed by atoms with Crippen LogP contribution in [0.5, 0.6) is 5.75 Å². The number of carbonyl (C=O) groups excluding carboxylic acids is 1. The molecule has 0 aliphatic carbocycles. The van der Waals surface area contributed by atoms with Crippen molar-refractivity contribution in [3.05, 3.63) is 36.0 Å². The highest BCUT2D eigenvalue weighted by Crippen LogP contribution is 2.33. The van der Waals surface area contributed by atoms with Crippen LogP contribution in [-0.4, -0.2) is 35.6 Å². The maximum atomic E-state index is 13.2. The number of nitrogens with zero attached hydrogens (tertiary/aromatic N) is 2. The maximum absolute atomic E-state index is 13.2. The van der Waals surface area contributed by atoms with Crippen molar-refractivity contribution >= 4 is 11.6 Å². The largest absolute Gasteiger partial charge is 0.495 e. The topological polar surface area (TPSA) is 89.3 Å². The van der Waals surface area contributed by atoms with Crippen LogP contribution in [0.4, 0.5) is 14.5 Å². The van der Waals surface area contributed by atoms with E-state index in [1.807, 2.05) is 0 Å². The Morgan fingerprint density at radius 2 is 2.29 bits per heavy atom. The Bertz CT molecular complexity index is 735. The normalized spacial score (nSPS) is 19.2. The van der Waals surface area contributed by atoms with E-state index in [9.17, 15) is 13.6 Å². The van der Waals surface area contributed by atoms with Crippen LogP contribution in [0.2, 0.25) is 0 Å². The minimum Gasteiger partial charge on any atom is -0.495 e. The Kier molecular flexibility index (Phi) is 4.43. The molecule has 1 saturated heterocycles. The zero-order valence-electron chi connectivity index (χ0n) is 12.9. The fourth-order valence-electron chi connectivity index (χ4n) is 2.46. The first-order chi connectivity index (χ1) is 11.5. The summed E-state index contributed by atoms with van der Waals surface area (Å²) in [5.41, 5.74) is 0.519. The number of halogens is 2. The number of hydrogen-bond donors (Lipinski definition) is 2. The molecular weight excluding hydrogens is 322 g/mol. The third kappa shape index (κ3) is 3.67. The number of aromatic nitrogens is 2. The van der Waals surface area contributed by atoms with Crippen molar-refractivity contribution in [3.8, 4) is 5.75 Å². The molecule has 1 aliphatic rings. The number of methoxy groups -OCH3 is 1. The Balaban J connectivity index is 1.61. The van der Waals surface area contributed by atoms with Gasteiger partial charge in [0.05, 0.1) is 31.8 Å². The molecule has 2 aromatic rings. The van der Waals surface area contributed by atoms with E-state index in [1.54, 1.807) is 24.3 Å². The van der Waals surface area contributed by atoms with Crippen molar-refractivity contribution in [1.82, 2.24) is 15.5 Å². The highest BCUT2D eigenvalue weighted by Gasteiger charge is 2.42. The fourth-order valence-corrected chi connectivity index (χ4v) is 2.46. The van der Waals surface area contributed by atoms with Gasteiger partial charge in [0, 0.05) is 6.42 Å². The molecule has 7 nitrogen and oxygen atoms in total. The average Bonchev–Trinajstić information content (AvgIpc) is 3.14. The van der Waals surface area contributed by atoms with E-state index in [2.05, 4.69) is 20.8 Å². The summed E-state index contributed by atoms with van der Waals surface area (Å²) in [7, 11) is 1.50. The molecule has 0 spiro atoms. The molecule has 1 atom stereocenters. The molecule has 3 rings (SSSR count). The number of rotatable bonds is 5. The molecule has 1 unspecified atom stereocenters. The van der Waals surface area contributed by atoms with E-state index in [1.165, 1.54) is 7.11 Å². The van der Waals surface area contributed by atoms with E-state index in [-0.39, 0.29) is 24.0 Å². The molecule has 2 heterocycles. The molecule has 0 radical (unpaired) electrons. The quantitative estimate of drug-likeness (QED) is 0.866. The van der Waals surface area contributed by atoms with Crippen LogP contribution in [0.1, 0.15) is 24.2 Å². The van der Waals surface area contributed by atoms with Gasteiger partial charge in [-0.15, -0.1) is 0 Å². The second-order valence-electron chi connectivity index (χ2n) is 5.47. The highest BCUT2D eigenvalue weighted by molar-refractivity contribution is 5.93. The lowest BCUT2D eigenvalue weighted by molar-refractivity contribution is -0.115. The molecule has 24 heavy (non-hydrogen) atoms. The van der Waals surface area contributed by atoms with E-state index < -0.39 is 24.9 Å². The lowest BCUT2D eigenvalue weighted by Gasteiger charge is -2.08. The number of amides is 1. The molecular formula is C15H16F2N4O3. The van der Waals surface area contributed by atoms with Crippen LogP contribution in [0, 0.1) is 0 Å². The third-order valence-electron chi connectivity index (χ3n) is 3.59. The predicted octanol–water partition coefficient (Wildman–Crippen LogP) is 1.93. The van der Waals surface area contributed by atoms with Gasteiger partial charge in [-0.2, -0.15) is 4.98 Å². The van der Waals surface area contributed by atoms with Crippen LogP contribution < -0.4 is 15.4 Å². The number of hydrogen-bond acceptors (Lipinski definition) is 6. The number of carbonyl (C=O) groups is 1. The van der Waals surface area contributed by atoms with Crippen molar-refractivity contribution in [3.63, 3.8) is 0 Å². The number of para-hydroxylation sites is 2. The van der Waals surface area contributed by atoms with Crippen LogP contribution in [0.15, 0.2) is 28.8 Å². The molecule has 2 N–H and O–H groups in total. The molecule has 128 valence electrons. The Hall–Kier alpha value is -2.55. The minimum atomic E-state index is -2.79. The Labute approximate surface area is 136 Å². The molecule has 1 amide bonds. The second kappa shape index (κ2) is 6.52. The zero-order chi connectivity index (χ0) is 17.2. The summed E-state index contributed by atoms with van der Waals surface area (Å²) in [6, 6.07) is 6.26. The molecule has 1 aliphatic heterocycles. The number of anilines is 1. The van der Waals surface area contributed by atoms with Crippen LogP contribution in [0.25, 0.3) is 0 Å². The van der Waals surface area contributed by atoms with E-state index in [4.69, 9.17) is 9.26 Å².